The van der Waals surface area contributed by atoms with Crippen LogP contribution in [0, 0.1) is 5.92 Å². The molecule has 9 heteroatoms. The molecule has 0 aliphatic heterocycles. The zero-order valence-corrected chi connectivity index (χ0v) is 20.2. The third-order valence-corrected chi connectivity index (χ3v) is 4.12. The second kappa shape index (κ2) is 13.8. The van der Waals surface area contributed by atoms with Gasteiger partial charge in [0.2, 0.25) is 5.91 Å². The highest BCUT2D eigenvalue weighted by Crippen LogP contribution is 2.20. The highest BCUT2D eigenvalue weighted by molar-refractivity contribution is 14.0. The first-order valence-corrected chi connectivity index (χ1v) is 9.73. The first-order valence-electron chi connectivity index (χ1n) is 9.73. The third-order valence-electron chi connectivity index (χ3n) is 4.12. The van der Waals surface area contributed by atoms with Crippen molar-refractivity contribution in [2.24, 2.45) is 10.9 Å². The highest BCUT2D eigenvalue weighted by atomic mass is 127. The molecule has 2 aromatic carbocycles. The summed E-state index contributed by atoms with van der Waals surface area (Å²) in [5.74, 6) is 0.911. The van der Waals surface area contributed by atoms with Crippen molar-refractivity contribution in [1.29, 1.82) is 0 Å². The summed E-state index contributed by atoms with van der Waals surface area (Å²) < 4.78 is 29.6. The zero-order valence-electron chi connectivity index (χ0n) is 17.8. The molecular formula is C22H29F2IN4O2. The fourth-order valence-corrected chi connectivity index (χ4v) is 2.79. The SMILES string of the molecule is CN=C(NCc1cccc(NC(=O)CC(C)C)c1)NCc1ccccc1OC(F)F.I. The molecule has 0 bridgehead atoms. The summed E-state index contributed by atoms with van der Waals surface area (Å²) in [5, 5.41) is 9.14. The Balaban J connectivity index is 0.00000480. The minimum atomic E-state index is -2.88. The molecule has 0 radical (unpaired) electrons. The van der Waals surface area contributed by atoms with Crippen molar-refractivity contribution in [1.82, 2.24) is 10.6 Å². The number of aliphatic imine (C=N–C) groups is 1. The van der Waals surface area contributed by atoms with E-state index in [0.717, 1.165) is 11.3 Å². The molecule has 0 unspecified atom stereocenters. The fourth-order valence-electron chi connectivity index (χ4n) is 2.79. The van der Waals surface area contributed by atoms with Crippen LogP contribution in [0.2, 0.25) is 0 Å². The number of benzene rings is 2. The molecular weight excluding hydrogens is 517 g/mol. The van der Waals surface area contributed by atoms with Crippen LogP contribution in [0.15, 0.2) is 53.5 Å². The lowest BCUT2D eigenvalue weighted by Crippen LogP contribution is -2.36. The van der Waals surface area contributed by atoms with E-state index < -0.39 is 6.61 Å². The Hall–Kier alpha value is -2.43. The van der Waals surface area contributed by atoms with Gasteiger partial charge >= 0.3 is 6.61 Å². The van der Waals surface area contributed by atoms with Crippen molar-refractivity contribution in [3.05, 3.63) is 59.7 Å². The van der Waals surface area contributed by atoms with Gasteiger partial charge in [-0.05, 0) is 29.7 Å². The van der Waals surface area contributed by atoms with Gasteiger partial charge in [-0.2, -0.15) is 8.78 Å². The zero-order chi connectivity index (χ0) is 21.9. The van der Waals surface area contributed by atoms with Crippen LogP contribution in [-0.4, -0.2) is 25.5 Å². The van der Waals surface area contributed by atoms with E-state index in [9.17, 15) is 13.6 Å². The summed E-state index contributed by atoms with van der Waals surface area (Å²) in [6.45, 7) is 1.86. The Labute approximate surface area is 198 Å². The van der Waals surface area contributed by atoms with E-state index in [-0.39, 0.29) is 42.2 Å². The Morgan fingerprint density at radius 1 is 1.06 bits per heavy atom. The molecule has 0 aromatic heterocycles. The molecule has 3 N–H and O–H groups in total. The van der Waals surface area contributed by atoms with E-state index in [1.807, 2.05) is 38.1 Å². The van der Waals surface area contributed by atoms with Gasteiger partial charge in [0.1, 0.15) is 5.75 Å². The average Bonchev–Trinajstić information content (AvgIpc) is 2.68. The van der Waals surface area contributed by atoms with Crippen molar-refractivity contribution in [3.8, 4) is 5.75 Å². The van der Waals surface area contributed by atoms with Crippen LogP contribution in [0.1, 0.15) is 31.4 Å². The van der Waals surface area contributed by atoms with Crippen LogP contribution in [-0.2, 0) is 17.9 Å². The van der Waals surface area contributed by atoms with E-state index in [0.29, 0.717) is 30.4 Å². The van der Waals surface area contributed by atoms with Gasteiger partial charge in [-0.15, -0.1) is 24.0 Å². The minimum Gasteiger partial charge on any atom is -0.434 e. The van der Waals surface area contributed by atoms with Crippen molar-refractivity contribution in [2.75, 3.05) is 12.4 Å². The van der Waals surface area contributed by atoms with Crippen molar-refractivity contribution in [2.45, 2.75) is 40.0 Å². The van der Waals surface area contributed by atoms with E-state index in [1.165, 1.54) is 6.07 Å². The Morgan fingerprint density at radius 2 is 1.77 bits per heavy atom. The van der Waals surface area contributed by atoms with Gasteiger partial charge < -0.3 is 20.7 Å². The lowest BCUT2D eigenvalue weighted by molar-refractivity contribution is -0.116. The number of amides is 1. The number of anilines is 1. The molecule has 1 amide bonds. The Kier molecular flexibility index (Phi) is 11.8. The molecule has 0 fully saturated rings. The summed E-state index contributed by atoms with van der Waals surface area (Å²) in [5.41, 5.74) is 2.29. The number of halogens is 3. The van der Waals surface area contributed by atoms with Crippen molar-refractivity contribution in [3.63, 3.8) is 0 Å². The number of hydrogen-bond acceptors (Lipinski definition) is 3. The van der Waals surface area contributed by atoms with Gasteiger partial charge in [-0.25, -0.2) is 0 Å². The number of rotatable bonds is 9. The van der Waals surface area contributed by atoms with Crippen LogP contribution >= 0.6 is 24.0 Å². The summed E-state index contributed by atoms with van der Waals surface area (Å²) in [6.07, 6.45) is 0.468. The number of nitrogens with zero attached hydrogens (tertiary/aromatic N) is 1. The number of guanidine groups is 1. The van der Waals surface area contributed by atoms with Crippen LogP contribution in [0.4, 0.5) is 14.5 Å². The first-order chi connectivity index (χ1) is 14.4. The van der Waals surface area contributed by atoms with Crippen molar-refractivity contribution < 1.29 is 18.3 Å². The summed E-state index contributed by atoms with van der Waals surface area (Å²) in [7, 11) is 1.62. The van der Waals surface area contributed by atoms with Gasteiger partial charge in [0, 0.05) is 37.8 Å². The molecule has 2 rings (SSSR count). The number of carbonyl (C=O) groups is 1. The minimum absolute atomic E-state index is 0. The van der Waals surface area contributed by atoms with Gasteiger partial charge in [-0.1, -0.05) is 44.2 Å². The van der Waals surface area contributed by atoms with E-state index in [1.54, 1.807) is 25.2 Å². The molecule has 0 saturated heterocycles. The predicted molar refractivity (Wildman–Crippen MR) is 130 cm³/mol. The van der Waals surface area contributed by atoms with E-state index in [2.05, 4.69) is 25.7 Å². The number of nitrogens with one attached hydrogen (secondary N) is 3. The van der Waals surface area contributed by atoms with Gasteiger partial charge in [-0.3, -0.25) is 9.79 Å². The van der Waals surface area contributed by atoms with Gasteiger partial charge in [0.05, 0.1) is 0 Å². The number of ether oxygens (including phenoxy) is 1. The molecule has 31 heavy (non-hydrogen) atoms. The fraction of sp³-hybridized carbons (Fsp3) is 0.364. The first kappa shape index (κ1) is 26.6. The standard InChI is InChI=1S/C22H28F2N4O2.HI/c1-15(2)11-20(29)28-18-9-6-7-16(12-18)13-26-22(25-3)27-14-17-8-4-5-10-19(17)30-21(23)24;/h4-10,12,15,21H,11,13-14H2,1-3H3,(H,28,29)(H2,25,26,27);1H. The van der Waals surface area contributed by atoms with Crippen LogP contribution in [0.3, 0.4) is 0 Å². The summed E-state index contributed by atoms with van der Waals surface area (Å²) in [4.78, 5) is 16.1. The topological polar surface area (TPSA) is 74.8 Å². The highest BCUT2D eigenvalue weighted by Gasteiger charge is 2.10. The van der Waals surface area contributed by atoms with E-state index in [4.69, 9.17) is 0 Å². The molecule has 0 heterocycles. The predicted octanol–water partition coefficient (Wildman–Crippen LogP) is 4.76. The number of hydrogen-bond donors (Lipinski definition) is 3. The molecule has 0 atom stereocenters. The van der Waals surface area contributed by atoms with Gasteiger partial charge in [0.25, 0.3) is 0 Å². The van der Waals surface area contributed by atoms with Crippen LogP contribution in [0.25, 0.3) is 0 Å². The van der Waals surface area contributed by atoms with Crippen LogP contribution < -0.4 is 20.7 Å². The van der Waals surface area contributed by atoms with Crippen molar-refractivity contribution >= 4 is 41.5 Å². The van der Waals surface area contributed by atoms with E-state index >= 15 is 0 Å². The van der Waals surface area contributed by atoms with Gasteiger partial charge in [0.15, 0.2) is 5.96 Å². The quantitative estimate of drug-likeness (QED) is 0.241. The maximum Gasteiger partial charge on any atom is 0.387 e. The lowest BCUT2D eigenvalue weighted by atomic mass is 10.1. The molecule has 170 valence electrons. The molecule has 2 aromatic rings. The Bertz CT molecular complexity index is 863. The molecule has 0 saturated carbocycles. The second-order valence-electron chi connectivity index (χ2n) is 7.11. The molecule has 0 aliphatic carbocycles. The number of alkyl halides is 2. The molecule has 0 aliphatic rings. The Morgan fingerprint density at radius 3 is 2.45 bits per heavy atom. The maximum atomic E-state index is 12.5. The van der Waals surface area contributed by atoms with Crippen LogP contribution in [0.5, 0.6) is 5.75 Å². The monoisotopic (exact) mass is 546 g/mol. The number of carbonyl (C=O) groups excluding carboxylic acids is 1. The third kappa shape index (κ3) is 9.95. The normalized spacial score (nSPS) is 11.1. The second-order valence-corrected chi connectivity index (χ2v) is 7.11. The largest absolute Gasteiger partial charge is 0.434 e. The summed E-state index contributed by atoms with van der Waals surface area (Å²) >= 11 is 0. The lowest BCUT2D eigenvalue weighted by Gasteiger charge is -2.15. The molecule has 6 nitrogen and oxygen atoms in total. The maximum absolute atomic E-state index is 12.5. The molecule has 0 spiro atoms. The smallest absolute Gasteiger partial charge is 0.387 e. The average molecular weight is 546 g/mol. The summed E-state index contributed by atoms with van der Waals surface area (Å²) in [6, 6.07) is 14.1. The number of para-hydroxylation sites is 1.